The van der Waals surface area contributed by atoms with Crippen LogP contribution in [0, 0.1) is 0 Å². The van der Waals surface area contributed by atoms with Crippen LogP contribution in [0.5, 0.6) is 0 Å². The summed E-state index contributed by atoms with van der Waals surface area (Å²) in [6.45, 7) is 3.94. The first-order valence-corrected chi connectivity index (χ1v) is 8.03. The van der Waals surface area contributed by atoms with Crippen LogP contribution in [0.3, 0.4) is 0 Å². The van der Waals surface area contributed by atoms with Gasteiger partial charge in [0.2, 0.25) is 0 Å². The molecule has 1 aliphatic heterocycles. The number of alkyl halides is 4. The predicted octanol–water partition coefficient (Wildman–Crippen LogP) is 4.48. The van der Waals surface area contributed by atoms with Crippen LogP contribution in [0.2, 0.25) is 0 Å². The molecule has 1 N–H and O–H groups in total. The molecule has 2 rings (SSSR count). The molecule has 0 saturated heterocycles. The monoisotopic (exact) mass is 334 g/mol. The summed E-state index contributed by atoms with van der Waals surface area (Å²) in [6.07, 6.45) is -4.45. The third-order valence-electron chi connectivity index (χ3n) is 3.59. The molecule has 0 aliphatic carbocycles. The molecule has 22 heavy (non-hydrogen) atoms. The summed E-state index contributed by atoms with van der Waals surface area (Å²) in [7, 11) is 0. The van der Waals surface area contributed by atoms with Crippen LogP contribution in [0.15, 0.2) is 23.1 Å². The highest BCUT2D eigenvalue weighted by atomic mass is 32.2. The van der Waals surface area contributed by atoms with Crippen molar-refractivity contribution in [1.29, 1.82) is 0 Å². The zero-order valence-electron chi connectivity index (χ0n) is 12.4. The zero-order valence-corrected chi connectivity index (χ0v) is 13.2. The van der Waals surface area contributed by atoms with Crippen LogP contribution in [0.25, 0.3) is 5.70 Å². The summed E-state index contributed by atoms with van der Waals surface area (Å²) in [5, 5.41) is 2.95. The number of nitrogens with zero attached hydrogens (tertiary/aromatic N) is 1. The van der Waals surface area contributed by atoms with E-state index in [1.54, 1.807) is 11.0 Å². The molecule has 0 fully saturated rings. The van der Waals surface area contributed by atoms with E-state index in [2.05, 4.69) is 5.32 Å². The minimum absolute atomic E-state index is 0.161. The van der Waals surface area contributed by atoms with E-state index >= 15 is 0 Å². The van der Waals surface area contributed by atoms with Gasteiger partial charge in [0.1, 0.15) is 6.67 Å². The average molecular weight is 334 g/mol. The van der Waals surface area contributed by atoms with Gasteiger partial charge in [-0.25, -0.2) is 4.39 Å². The minimum atomic E-state index is -4.45. The van der Waals surface area contributed by atoms with Crippen molar-refractivity contribution in [3.05, 3.63) is 34.2 Å². The standard InChI is InChI=1S/C15H18F4N2S/c1-3-21(4-2)12-6-5-10(7-11(12)15(17,18)19)14-13(8-16)22-9-20-14/h5-7,20H,3-4,8-9H2,1-2H3. The van der Waals surface area contributed by atoms with E-state index in [9.17, 15) is 17.6 Å². The Kier molecular flexibility index (Phi) is 5.26. The smallest absolute Gasteiger partial charge is 0.374 e. The number of halogens is 4. The van der Waals surface area contributed by atoms with Gasteiger partial charge in [0.15, 0.2) is 0 Å². The number of allylic oxidation sites excluding steroid dienone is 1. The highest BCUT2D eigenvalue weighted by molar-refractivity contribution is 8.03. The van der Waals surface area contributed by atoms with Crippen LogP contribution >= 0.6 is 11.8 Å². The Balaban J connectivity index is 2.53. The first-order valence-electron chi connectivity index (χ1n) is 7.04. The molecule has 7 heteroatoms. The van der Waals surface area contributed by atoms with Crippen molar-refractivity contribution in [2.75, 3.05) is 30.5 Å². The van der Waals surface area contributed by atoms with Crippen molar-refractivity contribution in [3.8, 4) is 0 Å². The summed E-state index contributed by atoms with van der Waals surface area (Å²) in [4.78, 5) is 2.11. The van der Waals surface area contributed by atoms with Gasteiger partial charge in [0, 0.05) is 23.7 Å². The van der Waals surface area contributed by atoms with E-state index in [0.717, 1.165) is 6.07 Å². The van der Waals surface area contributed by atoms with Gasteiger partial charge in [-0.05, 0) is 31.5 Å². The molecule has 0 spiro atoms. The number of hydrogen-bond acceptors (Lipinski definition) is 3. The lowest BCUT2D eigenvalue weighted by Gasteiger charge is -2.25. The van der Waals surface area contributed by atoms with Crippen LogP contribution in [0.1, 0.15) is 25.0 Å². The molecule has 1 aromatic carbocycles. The lowest BCUT2D eigenvalue weighted by molar-refractivity contribution is -0.137. The first-order chi connectivity index (χ1) is 10.4. The van der Waals surface area contributed by atoms with Gasteiger partial charge in [-0.1, -0.05) is 6.07 Å². The van der Waals surface area contributed by atoms with Crippen molar-refractivity contribution in [2.45, 2.75) is 20.0 Å². The maximum Gasteiger partial charge on any atom is 0.418 e. The lowest BCUT2D eigenvalue weighted by atomic mass is 10.0. The summed E-state index contributed by atoms with van der Waals surface area (Å²) >= 11 is 1.28. The minimum Gasteiger partial charge on any atom is -0.374 e. The topological polar surface area (TPSA) is 15.3 Å². The Labute approximate surface area is 131 Å². The molecule has 0 bridgehead atoms. The van der Waals surface area contributed by atoms with Crippen molar-refractivity contribution >= 4 is 23.1 Å². The molecular formula is C15H18F4N2S. The largest absolute Gasteiger partial charge is 0.418 e. The molecular weight excluding hydrogens is 316 g/mol. The maximum atomic E-state index is 13.4. The first kappa shape index (κ1) is 17.0. The van der Waals surface area contributed by atoms with E-state index in [-0.39, 0.29) is 5.69 Å². The fourth-order valence-corrected chi connectivity index (χ4v) is 3.30. The van der Waals surface area contributed by atoms with Crippen LogP contribution < -0.4 is 10.2 Å². The molecule has 0 unspecified atom stereocenters. The third kappa shape index (κ3) is 3.34. The number of benzene rings is 1. The number of anilines is 1. The van der Waals surface area contributed by atoms with Gasteiger partial charge in [0.25, 0.3) is 0 Å². The second-order valence-corrected chi connectivity index (χ2v) is 5.87. The van der Waals surface area contributed by atoms with Gasteiger partial charge >= 0.3 is 6.18 Å². The summed E-state index contributed by atoms with van der Waals surface area (Å²) in [5.41, 5.74) is 0.317. The maximum absolute atomic E-state index is 13.4. The fraction of sp³-hybridized carbons (Fsp3) is 0.467. The number of thioether (sulfide) groups is 1. The highest BCUT2D eigenvalue weighted by Crippen LogP contribution is 2.40. The van der Waals surface area contributed by atoms with E-state index < -0.39 is 18.4 Å². The van der Waals surface area contributed by atoms with Crippen LogP contribution in [-0.4, -0.2) is 25.6 Å². The summed E-state index contributed by atoms with van der Waals surface area (Å²) in [6, 6.07) is 4.20. The van der Waals surface area contributed by atoms with Gasteiger partial charge < -0.3 is 10.2 Å². The van der Waals surface area contributed by atoms with Crippen molar-refractivity contribution in [1.82, 2.24) is 5.32 Å². The van der Waals surface area contributed by atoms with E-state index in [4.69, 9.17) is 0 Å². The van der Waals surface area contributed by atoms with Crippen molar-refractivity contribution < 1.29 is 17.6 Å². The fourth-order valence-electron chi connectivity index (χ4n) is 2.49. The predicted molar refractivity (Wildman–Crippen MR) is 83.5 cm³/mol. The number of hydrogen-bond donors (Lipinski definition) is 1. The second-order valence-electron chi connectivity index (χ2n) is 4.80. The number of nitrogens with one attached hydrogen (secondary N) is 1. The molecule has 0 radical (unpaired) electrons. The Hall–Kier alpha value is -1.37. The molecule has 1 aromatic rings. The SMILES string of the molecule is CCN(CC)c1ccc(C2=C(CF)SCN2)cc1C(F)(F)F. The molecule has 0 aromatic heterocycles. The number of rotatable bonds is 5. The molecule has 1 aliphatic rings. The average Bonchev–Trinajstić information content (AvgIpc) is 2.96. The zero-order chi connectivity index (χ0) is 16.3. The molecule has 0 amide bonds. The molecule has 122 valence electrons. The Morgan fingerprint density at radius 3 is 2.45 bits per heavy atom. The Morgan fingerprint density at radius 2 is 1.91 bits per heavy atom. The van der Waals surface area contributed by atoms with Gasteiger partial charge in [-0.3, -0.25) is 0 Å². The van der Waals surface area contributed by atoms with E-state index in [1.165, 1.54) is 17.8 Å². The highest BCUT2D eigenvalue weighted by Gasteiger charge is 2.35. The van der Waals surface area contributed by atoms with Crippen molar-refractivity contribution in [3.63, 3.8) is 0 Å². The van der Waals surface area contributed by atoms with Crippen LogP contribution in [0.4, 0.5) is 23.2 Å². The van der Waals surface area contributed by atoms with Crippen molar-refractivity contribution in [2.24, 2.45) is 0 Å². The van der Waals surface area contributed by atoms with E-state index in [1.807, 2.05) is 13.8 Å². The molecule has 2 nitrogen and oxygen atoms in total. The normalized spacial score (nSPS) is 15.2. The third-order valence-corrected chi connectivity index (χ3v) is 4.54. The van der Waals surface area contributed by atoms with Crippen LogP contribution in [-0.2, 0) is 6.18 Å². The van der Waals surface area contributed by atoms with E-state index in [0.29, 0.717) is 35.1 Å². The van der Waals surface area contributed by atoms with Gasteiger partial charge in [-0.2, -0.15) is 13.2 Å². The Morgan fingerprint density at radius 1 is 1.23 bits per heavy atom. The molecule has 0 saturated carbocycles. The van der Waals surface area contributed by atoms with Gasteiger partial charge in [0.05, 0.1) is 17.1 Å². The molecule has 1 heterocycles. The molecule has 0 atom stereocenters. The Bertz CT molecular complexity index is 565. The van der Waals surface area contributed by atoms with Gasteiger partial charge in [-0.15, -0.1) is 11.8 Å². The quantitative estimate of drug-likeness (QED) is 0.799. The second kappa shape index (κ2) is 6.81. The lowest BCUT2D eigenvalue weighted by Crippen LogP contribution is -2.25. The summed E-state index contributed by atoms with van der Waals surface area (Å²) in [5.74, 6) is 0.480. The summed E-state index contributed by atoms with van der Waals surface area (Å²) < 4.78 is 53.1.